The molecule has 0 unspecified atom stereocenters. The fourth-order valence-electron chi connectivity index (χ4n) is 3.86. The van der Waals surface area contributed by atoms with E-state index >= 15 is 0 Å². The van der Waals surface area contributed by atoms with Crippen molar-refractivity contribution in [3.8, 4) is 28.5 Å². The third kappa shape index (κ3) is 6.73. The van der Waals surface area contributed by atoms with Crippen molar-refractivity contribution in [3.05, 3.63) is 66.4 Å². The first kappa shape index (κ1) is 26.8. The number of benzene rings is 2. The molecule has 0 N–H and O–H groups in total. The van der Waals surface area contributed by atoms with E-state index in [4.69, 9.17) is 23.7 Å². The van der Waals surface area contributed by atoms with E-state index < -0.39 is 12.1 Å². The molecule has 0 saturated carbocycles. The smallest absolute Gasteiger partial charge is 0.414 e. The van der Waals surface area contributed by atoms with Gasteiger partial charge in [-0.1, -0.05) is 31.5 Å². The summed E-state index contributed by atoms with van der Waals surface area (Å²) in [6, 6.07) is 18.4. The number of amides is 1. The van der Waals surface area contributed by atoms with Gasteiger partial charge < -0.3 is 23.7 Å². The Morgan fingerprint density at radius 3 is 2.58 bits per heavy atom. The average Bonchev–Trinajstić information content (AvgIpc) is 2.96. The number of aromatic nitrogens is 1. The fraction of sp³-hybridized carbons (Fsp3) is 0.345. The Balaban J connectivity index is 1.48. The van der Waals surface area contributed by atoms with Gasteiger partial charge in [0.15, 0.2) is 11.4 Å². The highest BCUT2D eigenvalue weighted by atomic mass is 16.6. The van der Waals surface area contributed by atoms with Crippen LogP contribution in [0.3, 0.4) is 0 Å². The van der Waals surface area contributed by atoms with Gasteiger partial charge in [0.25, 0.3) is 0 Å². The first-order valence-electron chi connectivity index (χ1n) is 12.7. The summed E-state index contributed by atoms with van der Waals surface area (Å²) in [5.41, 5.74) is 1.89. The molecule has 0 atom stereocenters. The molecule has 1 aliphatic heterocycles. The molecule has 38 heavy (non-hydrogen) atoms. The van der Waals surface area contributed by atoms with E-state index in [0.29, 0.717) is 67.8 Å². The molecule has 0 radical (unpaired) electrons. The second-order valence-corrected chi connectivity index (χ2v) is 8.55. The van der Waals surface area contributed by atoms with E-state index in [1.54, 1.807) is 29.2 Å². The lowest BCUT2D eigenvalue weighted by Crippen LogP contribution is -2.38. The number of methoxy groups -OCH3 is 1. The average molecular weight is 521 g/mol. The lowest BCUT2D eigenvalue weighted by Gasteiger charge is -2.29. The largest absolute Gasteiger partial charge is 0.493 e. The Morgan fingerprint density at radius 1 is 0.974 bits per heavy atom. The first-order valence-corrected chi connectivity index (χ1v) is 12.7. The lowest BCUT2D eigenvalue weighted by molar-refractivity contribution is 0.0588. The van der Waals surface area contributed by atoms with Gasteiger partial charge in [-0.25, -0.2) is 14.6 Å². The van der Waals surface area contributed by atoms with Gasteiger partial charge >= 0.3 is 12.1 Å². The van der Waals surface area contributed by atoms with Crippen molar-refractivity contribution in [3.63, 3.8) is 0 Å². The molecule has 0 spiro atoms. The van der Waals surface area contributed by atoms with E-state index in [-0.39, 0.29) is 5.69 Å². The Hall–Kier alpha value is -4.27. The minimum atomic E-state index is -0.607. The van der Waals surface area contributed by atoms with Crippen molar-refractivity contribution in [2.45, 2.75) is 26.2 Å². The first-order chi connectivity index (χ1) is 18.6. The predicted octanol–water partition coefficient (Wildman–Crippen LogP) is 5.52. The molecular weight excluding hydrogens is 488 g/mol. The number of ether oxygens (including phenoxy) is 5. The van der Waals surface area contributed by atoms with Crippen molar-refractivity contribution < 1.29 is 33.3 Å². The van der Waals surface area contributed by atoms with Crippen LogP contribution in [0.25, 0.3) is 11.3 Å². The van der Waals surface area contributed by atoms with Crippen molar-refractivity contribution in [2.75, 3.05) is 45.0 Å². The number of fused-ring (bicyclic) bond motifs is 1. The van der Waals surface area contributed by atoms with E-state index in [0.717, 1.165) is 18.6 Å². The van der Waals surface area contributed by atoms with Crippen LogP contribution >= 0.6 is 0 Å². The van der Waals surface area contributed by atoms with Gasteiger partial charge in [-0.05, 0) is 48.9 Å². The number of nitrogens with zero attached hydrogens (tertiary/aromatic N) is 2. The van der Waals surface area contributed by atoms with Gasteiger partial charge in [0, 0.05) is 12.0 Å². The van der Waals surface area contributed by atoms with Crippen LogP contribution in [0.2, 0.25) is 0 Å². The van der Waals surface area contributed by atoms with Crippen molar-refractivity contribution in [1.29, 1.82) is 0 Å². The van der Waals surface area contributed by atoms with Crippen molar-refractivity contribution in [1.82, 2.24) is 4.98 Å². The SMILES string of the molecule is CCCCOC(=O)N1CCOc2ccc(-c3ccc(OCCCOc4ccccc4)c(C(=O)OC)n3)cc21. The third-order valence-corrected chi connectivity index (χ3v) is 5.86. The molecule has 1 amide bonds. The number of pyridine rings is 1. The van der Waals surface area contributed by atoms with Crippen LogP contribution in [0.15, 0.2) is 60.7 Å². The maximum atomic E-state index is 12.7. The zero-order valence-corrected chi connectivity index (χ0v) is 21.7. The molecule has 1 aromatic heterocycles. The Bertz CT molecular complexity index is 1230. The molecule has 0 aliphatic carbocycles. The van der Waals surface area contributed by atoms with Gasteiger partial charge in [-0.3, -0.25) is 4.90 Å². The topological polar surface area (TPSA) is 96.4 Å². The standard InChI is InChI=1S/C29H32N2O7/c1-3-4-16-38-29(33)31-15-19-37-25-13-11-21(20-24(25)31)23-12-14-26(27(30-23)28(32)34-2)36-18-8-17-35-22-9-6-5-7-10-22/h5-7,9-14,20H,3-4,8,15-19H2,1-2H3. The molecule has 9 nitrogen and oxygen atoms in total. The molecule has 200 valence electrons. The van der Waals surface area contributed by atoms with E-state index in [1.165, 1.54) is 7.11 Å². The van der Waals surface area contributed by atoms with E-state index in [9.17, 15) is 9.59 Å². The summed E-state index contributed by atoms with van der Waals surface area (Å²) in [5, 5.41) is 0. The highest BCUT2D eigenvalue weighted by molar-refractivity contribution is 5.93. The van der Waals surface area contributed by atoms with Crippen LogP contribution in [-0.2, 0) is 9.47 Å². The summed E-state index contributed by atoms with van der Waals surface area (Å²) in [5.74, 6) is 1.09. The molecule has 0 bridgehead atoms. The van der Waals surface area contributed by atoms with Crippen molar-refractivity contribution in [2.24, 2.45) is 0 Å². The number of rotatable bonds is 11. The van der Waals surface area contributed by atoms with Crippen LogP contribution in [0.4, 0.5) is 10.5 Å². The minimum Gasteiger partial charge on any atom is -0.493 e. The highest BCUT2D eigenvalue weighted by Crippen LogP contribution is 2.36. The Labute approximate surface area is 222 Å². The Morgan fingerprint density at radius 2 is 1.79 bits per heavy atom. The van der Waals surface area contributed by atoms with E-state index in [1.807, 2.05) is 43.3 Å². The summed E-state index contributed by atoms with van der Waals surface area (Å²) in [7, 11) is 1.30. The predicted molar refractivity (Wildman–Crippen MR) is 142 cm³/mol. The quantitative estimate of drug-likeness (QED) is 0.241. The summed E-state index contributed by atoms with van der Waals surface area (Å²) in [6.07, 6.45) is 1.94. The highest BCUT2D eigenvalue weighted by Gasteiger charge is 2.26. The lowest BCUT2D eigenvalue weighted by atomic mass is 10.1. The molecule has 9 heteroatoms. The second kappa shape index (κ2) is 13.3. The zero-order chi connectivity index (χ0) is 26.7. The van der Waals surface area contributed by atoms with Gasteiger partial charge in [0.05, 0.1) is 44.9 Å². The second-order valence-electron chi connectivity index (χ2n) is 8.55. The molecule has 2 heterocycles. The molecule has 4 rings (SSSR count). The molecule has 0 saturated heterocycles. The molecule has 0 fully saturated rings. The van der Waals surface area contributed by atoms with E-state index in [2.05, 4.69) is 4.98 Å². The van der Waals surface area contributed by atoms with Crippen LogP contribution < -0.4 is 19.1 Å². The van der Waals surface area contributed by atoms with Gasteiger partial charge in [-0.15, -0.1) is 0 Å². The van der Waals surface area contributed by atoms with Gasteiger partial charge in [0.2, 0.25) is 0 Å². The Kier molecular flexibility index (Phi) is 9.39. The molecule has 3 aromatic rings. The van der Waals surface area contributed by atoms with Gasteiger partial charge in [0.1, 0.15) is 18.1 Å². The summed E-state index contributed by atoms with van der Waals surface area (Å²) in [6.45, 7) is 3.97. The maximum Gasteiger partial charge on any atom is 0.414 e. The van der Waals surface area contributed by atoms with Crippen LogP contribution in [-0.4, -0.2) is 57.1 Å². The number of esters is 1. The number of anilines is 1. The number of carbonyl (C=O) groups is 2. The summed E-state index contributed by atoms with van der Waals surface area (Å²) < 4.78 is 27.6. The monoisotopic (exact) mass is 520 g/mol. The molecular formula is C29H32N2O7. The summed E-state index contributed by atoms with van der Waals surface area (Å²) in [4.78, 5) is 31.3. The number of para-hydroxylation sites is 1. The fourth-order valence-corrected chi connectivity index (χ4v) is 3.86. The van der Waals surface area contributed by atoms with Gasteiger partial charge in [-0.2, -0.15) is 0 Å². The van der Waals surface area contributed by atoms with Crippen LogP contribution in [0.5, 0.6) is 17.2 Å². The maximum absolute atomic E-state index is 12.7. The third-order valence-electron chi connectivity index (χ3n) is 5.86. The minimum absolute atomic E-state index is 0.0683. The number of unbranched alkanes of at least 4 members (excludes halogenated alkanes) is 1. The van der Waals surface area contributed by atoms with Crippen LogP contribution in [0.1, 0.15) is 36.7 Å². The molecule has 1 aliphatic rings. The number of hydrogen-bond donors (Lipinski definition) is 0. The number of hydrogen-bond acceptors (Lipinski definition) is 8. The summed E-state index contributed by atoms with van der Waals surface area (Å²) >= 11 is 0. The number of carbonyl (C=O) groups excluding carboxylic acids is 2. The normalized spacial score (nSPS) is 12.2. The van der Waals surface area contributed by atoms with Crippen LogP contribution in [0, 0.1) is 0 Å². The zero-order valence-electron chi connectivity index (χ0n) is 21.7. The van der Waals surface area contributed by atoms with Crippen molar-refractivity contribution >= 4 is 17.7 Å². The molecule has 2 aromatic carbocycles.